The molecule has 1 aromatic heterocycles. The van der Waals surface area contributed by atoms with Gasteiger partial charge >= 0.3 is 5.97 Å². The summed E-state index contributed by atoms with van der Waals surface area (Å²) in [5.41, 5.74) is 2.26. The van der Waals surface area contributed by atoms with Crippen LogP contribution < -0.4 is 5.32 Å². The van der Waals surface area contributed by atoms with Crippen molar-refractivity contribution < 1.29 is 9.90 Å². The molecule has 0 radical (unpaired) electrons. The Morgan fingerprint density at radius 3 is 2.50 bits per heavy atom. The molecule has 0 saturated carbocycles. The molecule has 22 heavy (non-hydrogen) atoms. The van der Waals surface area contributed by atoms with E-state index in [-0.39, 0.29) is 5.69 Å². The van der Waals surface area contributed by atoms with Gasteiger partial charge in [-0.1, -0.05) is 43.7 Å². The Bertz CT molecular complexity index is 651. The van der Waals surface area contributed by atoms with E-state index in [2.05, 4.69) is 29.1 Å². The van der Waals surface area contributed by atoms with Crippen LogP contribution in [0.15, 0.2) is 30.3 Å². The predicted octanol–water partition coefficient (Wildman–Crippen LogP) is 3.14. The highest BCUT2D eigenvalue weighted by Gasteiger charge is 2.11. The first kappa shape index (κ1) is 15.9. The van der Waals surface area contributed by atoms with Crippen LogP contribution in [0.1, 0.15) is 41.3 Å². The molecule has 2 aromatic rings. The number of carboxylic acids is 1. The summed E-state index contributed by atoms with van der Waals surface area (Å²) in [7, 11) is 0. The van der Waals surface area contributed by atoms with Crippen LogP contribution in [0.3, 0.4) is 0 Å². The van der Waals surface area contributed by atoms with Gasteiger partial charge in [-0.05, 0) is 18.4 Å². The van der Waals surface area contributed by atoms with E-state index in [4.69, 9.17) is 0 Å². The first-order valence-electron chi connectivity index (χ1n) is 7.34. The Kier molecular flexibility index (Phi) is 5.09. The Hall–Kier alpha value is -2.43. The maximum Gasteiger partial charge on any atom is 0.354 e. The Morgan fingerprint density at radius 2 is 1.91 bits per heavy atom. The minimum atomic E-state index is -1.04. The molecule has 5 nitrogen and oxygen atoms in total. The lowest BCUT2D eigenvalue weighted by Crippen LogP contribution is -2.13. The second-order valence-electron chi connectivity index (χ2n) is 5.80. The summed E-state index contributed by atoms with van der Waals surface area (Å²) in [4.78, 5) is 19.8. The van der Waals surface area contributed by atoms with Gasteiger partial charge in [0.25, 0.3) is 0 Å². The monoisotopic (exact) mass is 299 g/mol. The number of nitrogens with zero attached hydrogens (tertiary/aromatic N) is 2. The van der Waals surface area contributed by atoms with E-state index >= 15 is 0 Å². The van der Waals surface area contributed by atoms with Gasteiger partial charge in [-0.2, -0.15) is 0 Å². The van der Waals surface area contributed by atoms with Crippen LogP contribution in [-0.4, -0.2) is 27.6 Å². The third kappa shape index (κ3) is 4.55. The van der Waals surface area contributed by atoms with Crippen LogP contribution in [0.4, 0.5) is 5.82 Å². The van der Waals surface area contributed by atoms with Gasteiger partial charge in [0.15, 0.2) is 5.69 Å². The Balaban J connectivity index is 2.25. The molecule has 0 amide bonds. The van der Waals surface area contributed by atoms with Gasteiger partial charge in [0.05, 0.1) is 0 Å². The number of benzene rings is 1. The molecule has 0 saturated heterocycles. The molecule has 0 atom stereocenters. The highest BCUT2D eigenvalue weighted by Crippen LogP contribution is 2.12. The van der Waals surface area contributed by atoms with Gasteiger partial charge in [0.2, 0.25) is 0 Å². The highest BCUT2D eigenvalue weighted by molar-refractivity contribution is 5.86. The zero-order chi connectivity index (χ0) is 16.1. The van der Waals surface area contributed by atoms with Crippen molar-refractivity contribution in [2.24, 2.45) is 5.92 Å². The van der Waals surface area contributed by atoms with Crippen molar-refractivity contribution in [2.45, 2.75) is 27.2 Å². The number of carbonyl (C=O) groups is 1. The molecule has 5 heteroatoms. The largest absolute Gasteiger partial charge is 0.477 e. The quantitative estimate of drug-likeness (QED) is 0.857. The third-order valence-corrected chi connectivity index (χ3v) is 3.17. The molecule has 1 heterocycles. The SMILES string of the molecule is Cc1ccc(Cc2nc(NCC(C)C)cc(C(=O)O)n2)cc1. The van der Waals surface area contributed by atoms with E-state index in [0.717, 1.165) is 12.1 Å². The number of aryl methyl sites for hydroxylation is 1. The van der Waals surface area contributed by atoms with E-state index in [1.165, 1.54) is 11.6 Å². The first-order chi connectivity index (χ1) is 10.4. The van der Waals surface area contributed by atoms with Crippen molar-refractivity contribution in [1.29, 1.82) is 0 Å². The van der Waals surface area contributed by atoms with Gasteiger partial charge in [-0.25, -0.2) is 14.8 Å². The first-order valence-corrected chi connectivity index (χ1v) is 7.34. The maximum atomic E-state index is 11.2. The summed E-state index contributed by atoms with van der Waals surface area (Å²) in [5, 5.41) is 12.4. The number of carboxylic acid groups (broad SMARTS) is 1. The molecule has 0 aliphatic carbocycles. The Labute approximate surface area is 130 Å². The highest BCUT2D eigenvalue weighted by atomic mass is 16.4. The van der Waals surface area contributed by atoms with Crippen LogP contribution in [0.5, 0.6) is 0 Å². The molecule has 2 N–H and O–H groups in total. The molecule has 116 valence electrons. The predicted molar refractivity (Wildman–Crippen MR) is 86.3 cm³/mol. The number of hydrogen-bond acceptors (Lipinski definition) is 4. The number of aromatic nitrogens is 2. The molecular formula is C17H21N3O2. The molecule has 0 aliphatic rings. The number of rotatable bonds is 6. The zero-order valence-electron chi connectivity index (χ0n) is 13.1. The Morgan fingerprint density at radius 1 is 1.23 bits per heavy atom. The fourth-order valence-corrected chi connectivity index (χ4v) is 1.97. The van der Waals surface area contributed by atoms with Crippen molar-refractivity contribution in [2.75, 3.05) is 11.9 Å². The van der Waals surface area contributed by atoms with Gasteiger partial charge in [-0.3, -0.25) is 0 Å². The van der Waals surface area contributed by atoms with Gasteiger partial charge in [0, 0.05) is 19.0 Å². The van der Waals surface area contributed by atoms with E-state index < -0.39 is 5.97 Å². The summed E-state index contributed by atoms with van der Waals surface area (Å²) < 4.78 is 0. The number of nitrogens with one attached hydrogen (secondary N) is 1. The van der Waals surface area contributed by atoms with Crippen molar-refractivity contribution in [3.05, 3.63) is 53.0 Å². The van der Waals surface area contributed by atoms with Gasteiger partial charge < -0.3 is 10.4 Å². The fourth-order valence-electron chi connectivity index (χ4n) is 1.97. The molecule has 0 fully saturated rings. The topological polar surface area (TPSA) is 75.1 Å². The van der Waals surface area contributed by atoms with Crippen LogP contribution in [0, 0.1) is 12.8 Å². The van der Waals surface area contributed by atoms with Crippen LogP contribution >= 0.6 is 0 Å². The fraction of sp³-hybridized carbons (Fsp3) is 0.353. The molecular weight excluding hydrogens is 278 g/mol. The molecule has 2 rings (SSSR count). The summed E-state index contributed by atoms with van der Waals surface area (Å²) in [6, 6.07) is 9.53. The number of hydrogen-bond donors (Lipinski definition) is 2. The van der Waals surface area contributed by atoms with E-state index in [1.54, 1.807) is 0 Å². The molecule has 0 spiro atoms. The standard InChI is InChI=1S/C17H21N3O2/c1-11(2)10-18-15-9-14(17(21)22)19-16(20-15)8-13-6-4-12(3)5-7-13/h4-7,9,11H,8,10H2,1-3H3,(H,21,22)(H,18,19,20). The summed E-state index contributed by atoms with van der Waals surface area (Å²) in [5.74, 6) is 0.474. The normalized spacial score (nSPS) is 10.7. The van der Waals surface area contributed by atoms with Crippen LogP contribution in [-0.2, 0) is 6.42 Å². The smallest absolute Gasteiger partial charge is 0.354 e. The van der Waals surface area contributed by atoms with E-state index in [0.29, 0.717) is 24.0 Å². The lowest BCUT2D eigenvalue weighted by atomic mass is 10.1. The molecule has 1 aromatic carbocycles. The average Bonchev–Trinajstić information content (AvgIpc) is 2.47. The molecule has 0 aliphatic heterocycles. The molecule has 0 unspecified atom stereocenters. The van der Waals surface area contributed by atoms with Gasteiger partial charge in [-0.15, -0.1) is 0 Å². The minimum absolute atomic E-state index is 0.0170. The number of aromatic carboxylic acids is 1. The lowest BCUT2D eigenvalue weighted by molar-refractivity contribution is 0.0690. The van der Waals surface area contributed by atoms with Crippen molar-refractivity contribution in [3.8, 4) is 0 Å². The molecule has 0 bridgehead atoms. The van der Waals surface area contributed by atoms with Crippen LogP contribution in [0.25, 0.3) is 0 Å². The second-order valence-corrected chi connectivity index (χ2v) is 5.80. The number of anilines is 1. The van der Waals surface area contributed by atoms with E-state index in [1.807, 2.05) is 31.2 Å². The van der Waals surface area contributed by atoms with Crippen molar-refractivity contribution in [1.82, 2.24) is 9.97 Å². The van der Waals surface area contributed by atoms with Crippen molar-refractivity contribution in [3.63, 3.8) is 0 Å². The summed E-state index contributed by atoms with van der Waals surface area (Å²) in [6.07, 6.45) is 0.512. The minimum Gasteiger partial charge on any atom is -0.477 e. The van der Waals surface area contributed by atoms with Crippen LogP contribution in [0.2, 0.25) is 0 Å². The maximum absolute atomic E-state index is 11.2. The summed E-state index contributed by atoms with van der Waals surface area (Å²) in [6.45, 7) is 6.93. The zero-order valence-corrected chi connectivity index (χ0v) is 13.1. The second kappa shape index (κ2) is 7.02. The van der Waals surface area contributed by atoms with E-state index in [9.17, 15) is 9.90 Å². The third-order valence-electron chi connectivity index (χ3n) is 3.17. The average molecular weight is 299 g/mol. The lowest BCUT2D eigenvalue weighted by Gasteiger charge is -2.10. The van der Waals surface area contributed by atoms with Gasteiger partial charge in [0.1, 0.15) is 11.6 Å². The van der Waals surface area contributed by atoms with Crippen molar-refractivity contribution >= 4 is 11.8 Å². The summed E-state index contributed by atoms with van der Waals surface area (Å²) >= 11 is 0.